The molecule has 0 saturated heterocycles. The fourth-order valence-corrected chi connectivity index (χ4v) is 4.59. The lowest BCUT2D eigenvalue weighted by atomic mass is 9.85. The Morgan fingerprint density at radius 1 is 0.553 bits per heavy atom. The molecule has 0 fully saturated rings. The highest BCUT2D eigenvalue weighted by atomic mass is 16.5. The Hall–Kier alpha value is -4.73. The largest absolute Gasteiger partial charge is 0.491 e. The van der Waals surface area contributed by atoms with Crippen molar-refractivity contribution in [1.82, 2.24) is 0 Å². The van der Waals surface area contributed by atoms with Gasteiger partial charge in [0.1, 0.15) is 18.6 Å². The summed E-state index contributed by atoms with van der Waals surface area (Å²) < 4.78 is 5.61. The molecule has 0 aliphatic rings. The van der Waals surface area contributed by atoms with Crippen LogP contribution < -0.4 is 4.74 Å². The van der Waals surface area contributed by atoms with Crippen LogP contribution in [0.1, 0.15) is 32.6 Å². The van der Waals surface area contributed by atoms with Crippen LogP contribution in [0.15, 0.2) is 133 Å². The van der Waals surface area contributed by atoms with Crippen LogP contribution in [0.5, 0.6) is 5.75 Å². The minimum atomic E-state index is -0.0215. The van der Waals surface area contributed by atoms with Gasteiger partial charge in [-0.2, -0.15) is 0 Å². The molecule has 1 N–H and O–H groups in total. The third-order valence-electron chi connectivity index (χ3n) is 6.43. The zero-order valence-corrected chi connectivity index (χ0v) is 21.0. The van der Waals surface area contributed by atoms with Crippen molar-refractivity contribution in [2.75, 3.05) is 13.2 Å². The van der Waals surface area contributed by atoms with Crippen LogP contribution in [-0.4, -0.2) is 24.6 Å². The van der Waals surface area contributed by atoms with Gasteiger partial charge in [-0.3, -0.25) is 4.79 Å². The molecule has 0 atom stereocenters. The molecular formula is C35H28O3. The Balaban J connectivity index is 1.67. The van der Waals surface area contributed by atoms with Crippen molar-refractivity contribution in [3.8, 4) is 16.9 Å². The second kappa shape index (κ2) is 12.0. The first-order valence-electron chi connectivity index (χ1n) is 12.6. The quantitative estimate of drug-likeness (QED) is 0.169. The number of carbonyl (C=O) groups is 1. The van der Waals surface area contributed by atoms with E-state index in [0.29, 0.717) is 5.56 Å². The summed E-state index contributed by atoms with van der Waals surface area (Å²) in [6.07, 6.45) is 0.861. The summed E-state index contributed by atoms with van der Waals surface area (Å²) in [5, 5.41) is 9.11. The van der Waals surface area contributed by atoms with Gasteiger partial charge >= 0.3 is 0 Å². The normalized spacial score (nSPS) is 11.5. The molecule has 38 heavy (non-hydrogen) atoms. The Labute approximate surface area is 223 Å². The number of hydrogen-bond acceptors (Lipinski definition) is 3. The van der Waals surface area contributed by atoms with Crippen LogP contribution >= 0.6 is 0 Å². The van der Waals surface area contributed by atoms with E-state index in [4.69, 9.17) is 9.84 Å². The zero-order chi connectivity index (χ0) is 26.2. The van der Waals surface area contributed by atoms with Crippen molar-refractivity contribution in [1.29, 1.82) is 0 Å². The number of hydrogen-bond donors (Lipinski definition) is 1. The molecule has 186 valence electrons. The molecule has 0 aliphatic heterocycles. The molecule has 0 aromatic heterocycles. The van der Waals surface area contributed by atoms with Gasteiger partial charge in [0, 0.05) is 5.56 Å². The van der Waals surface area contributed by atoms with E-state index in [1.165, 1.54) is 0 Å². The van der Waals surface area contributed by atoms with E-state index >= 15 is 0 Å². The Bertz CT molecular complexity index is 1500. The van der Waals surface area contributed by atoms with Crippen molar-refractivity contribution in [2.45, 2.75) is 0 Å². The van der Waals surface area contributed by atoms with Crippen LogP contribution in [0.3, 0.4) is 0 Å². The first-order chi connectivity index (χ1) is 18.8. The molecular weight excluding hydrogens is 468 g/mol. The molecule has 5 aromatic carbocycles. The summed E-state index contributed by atoms with van der Waals surface area (Å²) in [6.45, 7) is 0.243. The third kappa shape index (κ3) is 5.64. The molecule has 0 unspecified atom stereocenters. The van der Waals surface area contributed by atoms with Crippen molar-refractivity contribution in [3.63, 3.8) is 0 Å². The predicted molar refractivity (Wildman–Crippen MR) is 154 cm³/mol. The summed E-state index contributed by atoms with van der Waals surface area (Å²) in [5.41, 5.74) is 9.47. The highest BCUT2D eigenvalue weighted by Gasteiger charge is 2.16. The van der Waals surface area contributed by atoms with Crippen molar-refractivity contribution in [2.24, 2.45) is 0 Å². The summed E-state index contributed by atoms with van der Waals surface area (Å²) in [7, 11) is 0. The lowest BCUT2D eigenvalue weighted by Crippen LogP contribution is -2.02. The SMILES string of the molecule is O=Cc1ccc(-c2ccc(C(=C(c3ccccc3)c3ccc(OCCO)cc3)c3ccccc3)cc2)cc1. The van der Waals surface area contributed by atoms with Crippen LogP contribution in [0.25, 0.3) is 22.3 Å². The second-order valence-corrected chi connectivity index (χ2v) is 8.90. The molecule has 3 heteroatoms. The monoisotopic (exact) mass is 496 g/mol. The molecule has 0 heterocycles. The van der Waals surface area contributed by atoms with Gasteiger partial charge in [-0.05, 0) is 56.7 Å². The Kier molecular flexibility index (Phi) is 7.88. The summed E-state index contributed by atoms with van der Waals surface area (Å²) >= 11 is 0. The standard InChI is InChI=1S/C35H28O3/c36-23-24-38-33-21-19-32(20-22-33)35(30-9-5-2-6-10-30)34(29-7-3-1-4-8-29)31-17-15-28(16-18-31)27-13-11-26(25-37)12-14-27/h1-22,25,36H,23-24H2. The van der Waals surface area contributed by atoms with Gasteiger partial charge in [0.15, 0.2) is 0 Å². The molecule has 0 bridgehead atoms. The number of aliphatic hydroxyl groups is 1. The van der Waals surface area contributed by atoms with Gasteiger partial charge in [-0.1, -0.05) is 121 Å². The zero-order valence-electron chi connectivity index (χ0n) is 21.0. The number of aliphatic hydroxyl groups excluding tert-OH is 1. The fourth-order valence-electron chi connectivity index (χ4n) is 4.59. The number of rotatable bonds is 9. The maximum absolute atomic E-state index is 11.0. The Morgan fingerprint density at radius 2 is 0.974 bits per heavy atom. The summed E-state index contributed by atoms with van der Waals surface area (Å²) in [6, 6.07) is 45.1. The number of benzene rings is 5. The lowest BCUT2D eigenvalue weighted by molar-refractivity contribution is 0.112. The average Bonchev–Trinajstić information content (AvgIpc) is 3.00. The molecule has 0 amide bonds. The van der Waals surface area contributed by atoms with Crippen LogP contribution in [0.4, 0.5) is 0 Å². The average molecular weight is 497 g/mol. The third-order valence-corrected chi connectivity index (χ3v) is 6.43. The number of carbonyl (C=O) groups excluding carboxylic acids is 1. The second-order valence-electron chi connectivity index (χ2n) is 8.90. The first kappa shape index (κ1) is 24.9. The summed E-state index contributed by atoms with van der Waals surface area (Å²) in [4.78, 5) is 11.0. The van der Waals surface area contributed by atoms with Gasteiger partial charge in [-0.15, -0.1) is 0 Å². The highest BCUT2D eigenvalue weighted by molar-refractivity contribution is 6.04. The minimum Gasteiger partial charge on any atom is -0.491 e. The van der Waals surface area contributed by atoms with Crippen LogP contribution in [-0.2, 0) is 0 Å². The van der Waals surface area contributed by atoms with Gasteiger partial charge in [-0.25, -0.2) is 0 Å². The molecule has 3 nitrogen and oxygen atoms in total. The fraction of sp³-hybridized carbons (Fsp3) is 0.0571. The van der Waals surface area contributed by atoms with E-state index in [0.717, 1.165) is 56.6 Å². The first-order valence-corrected chi connectivity index (χ1v) is 12.6. The minimum absolute atomic E-state index is 0.0215. The van der Waals surface area contributed by atoms with E-state index in [9.17, 15) is 4.79 Å². The van der Waals surface area contributed by atoms with Gasteiger partial charge in [0.25, 0.3) is 0 Å². The molecule has 0 saturated carbocycles. The van der Waals surface area contributed by atoms with E-state index in [1.54, 1.807) is 0 Å². The topological polar surface area (TPSA) is 46.5 Å². The van der Waals surface area contributed by atoms with E-state index in [1.807, 2.05) is 48.5 Å². The predicted octanol–water partition coefficient (Wildman–Crippen LogP) is 7.54. The van der Waals surface area contributed by atoms with E-state index < -0.39 is 0 Å². The molecule has 0 aliphatic carbocycles. The highest BCUT2D eigenvalue weighted by Crippen LogP contribution is 2.38. The van der Waals surface area contributed by atoms with Gasteiger partial charge < -0.3 is 9.84 Å². The van der Waals surface area contributed by atoms with E-state index in [2.05, 4.69) is 84.9 Å². The van der Waals surface area contributed by atoms with E-state index in [-0.39, 0.29) is 13.2 Å². The smallest absolute Gasteiger partial charge is 0.150 e. The molecule has 5 rings (SSSR count). The maximum atomic E-state index is 11.0. The molecule has 5 aromatic rings. The maximum Gasteiger partial charge on any atom is 0.150 e. The molecule has 0 spiro atoms. The van der Waals surface area contributed by atoms with Crippen molar-refractivity contribution < 1.29 is 14.6 Å². The van der Waals surface area contributed by atoms with Gasteiger partial charge in [0.2, 0.25) is 0 Å². The van der Waals surface area contributed by atoms with Crippen molar-refractivity contribution in [3.05, 3.63) is 161 Å². The van der Waals surface area contributed by atoms with Gasteiger partial charge in [0.05, 0.1) is 6.61 Å². The van der Waals surface area contributed by atoms with Crippen molar-refractivity contribution >= 4 is 17.4 Å². The van der Waals surface area contributed by atoms with Crippen LogP contribution in [0, 0.1) is 0 Å². The Morgan fingerprint density at radius 3 is 1.42 bits per heavy atom. The summed E-state index contributed by atoms with van der Waals surface area (Å²) in [5.74, 6) is 0.724. The molecule has 0 radical (unpaired) electrons. The number of aldehydes is 1. The lowest BCUT2D eigenvalue weighted by Gasteiger charge is -2.19. The van der Waals surface area contributed by atoms with Crippen LogP contribution in [0.2, 0.25) is 0 Å². The number of ether oxygens (including phenoxy) is 1.